The van der Waals surface area contributed by atoms with E-state index < -0.39 is 10.0 Å². The monoisotopic (exact) mass is 317 g/mol. The van der Waals surface area contributed by atoms with Crippen LogP contribution in [0.3, 0.4) is 0 Å². The Labute approximate surface area is 131 Å². The van der Waals surface area contributed by atoms with Crippen molar-refractivity contribution < 1.29 is 13.2 Å². The van der Waals surface area contributed by atoms with Gasteiger partial charge in [0.05, 0.1) is 17.1 Å². The molecule has 1 aliphatic heterocycles. The molecule has 2 aromatic carbocycles. The van der Waals surface area contributed by atoms with Crippen molar-refractivity contribution in [3.05, 3.63) is 54.1 Å². The Balaban J connectivity index is 2.08. The van der Waals surface area contributed by atoms with Crippen LogP contribution in [0.25, 0.3) is 0 Å². The summed E-state index contributed by atoms with van der Waals surface area (Å²) in [5, 5.41) is 0. The molecular weight excluding hydrogens is 298 g/mol. The van der Waals surface area contributed by atoms with Crippen molar-refractivity contribution >= 4 is 15.7 Å². The number of nitrogens with zero attached hydrogens (tertiary/aromatic N) is 1. The Morgan fingerprint density at radius 1 is 1.14 bits per heavy atom. The van der Waals surface area contributed by atoms with Gasteiger partial charge in [0.1, 0.15) is 11.9 Å². The zero-order chi connectivity index (χ0) is 15.7. The molecule has 0 amide bonds. The van der Waals surface area contributed by atoms with E-state index in [1.54, 1.807) is 18.2 Å². The highest BCUT2D eigenvalue weighted by molar-refractivity contribution is 7.92. The van der Waals surface area contributed by atoms with Crippen molar-refractivity contribution in [3.8, 4) is 5.75 Å². The molecule has 116 valence electrons. The maximum Gasteiger partial charge on any atom is 0.264 e. The standard InChI is InChI=1S/C17H19NO3S/c1-3-14-12-18(16-6-4-5-7-17(16)21-14)22(19,20)15-10-8-13(2)9-11-15/h4-11,14H,3,12H2,1-2H3. The number of hydrogen-bond donors (Lipinski definition) is 0. The van der Waals surface area contributed by atoms with Crippen LogP contribution in [0.15, 0.2) is 53.4 Å². The van der Waals surface area contributed by atoms with Gasteiger partial charge in [0.2, 0.25) is 0 Å². The van der Waals surface area contributed by atoms with Gasteiger partial charge in [-0.25, -0.2) is 8.42 Å². The van der Waals surface area contributed by atoms with Crippen LogP contribution in [0.5, 0.6) is 5.75 Å². The molecule has 0 saturated carbocycles. The fourth-order valence-electron chi connectivity index (χ4n) is 2.54. The summed E-state index contributed by atoms with van der Waals surface area (Å²) in [7, 11) is -3.58. The molecule has 5 heteroatoms. The number of hydrogen-bond acceptors (Lipinski definition) is 3. The number of aryl methyl sites for hydroxylation is 1. The topological polar surface area (TPSA) is 46.6 Å². The van der Waals surface area contributed by atoms with Crippen molar-refractivity contribution in [2.75, 3.05) is 10.8 Å². The largest absolute Gasteiger partial charge is 0.486 e. The second-order valence-electron chi connectivity index (χ2n) is 5.47. The van der Waals surface area contributed by atoms with Crippen molar-refractivity contribution in [2.24, 2.45) is 0 Å². The molecule has 0 saturated heterocycles. The Hall–Kier alpha value is -2.01. The van der Waals surface area contributed by atoms with Gasteiger partial charge < -0.3 is 4.74 Å². The first-order valence-electron chi connectivity index (χ1n) is 7.37. The number of fused-ring (bicyclic) bond motifs is 1. The first-order chi connectivity index (χ1) is 10.5. The summed E-state index contributed by atoms with van der Waals surface area (Å²) in [6.07, 6.45) is 0.629. The van der Waals surface area contributed by atoms with E-state index in [9.17, 15) is 8.42 Å². The van der Waals surface area contributed by atoms with E-state index in [1.807, 2.05) is 44.2 Å². The zero-order valence-electron chi connectivity index (χ0n) is 12.7. The second-order valence-corrected chi connectivity index (χ2v) is 7.33. The smallest absolute Gasteiger partial charge is 0.264 e. The molecule has 0 aromatic heterocycles. The SMILES string of the molecule is CCC1CN(S(=O)(=O)c2ccc(C)cc2)c2ccccc2O1. The van der Waals surface area contributed by atoms with Crippen molar-refractivity contribution in [1.82, 2.24) is 0 Å². The average Bonchev–Trinajstić information content (AvgIpc) is 2.54. The third kappa shape index (κ3) is 2.57. The molecule has 0 aliphatic carbocycles. The minimum absolute atomic E-state index is 0.130. The molecule has 1 heterocycles. The summed E-state index contributed by atoms with van der Waals surface area (Å²) in [5.41, 5.74) is 1.64. The molecule has 0 radical (unpaired) electrons. The average molecular weight is 317 g/mol. The Morgan fingerprint density at radius 2 is 1.82 bits per heavy atom. The van der Waals surface area contributed by atoms with Crippen molar-refractivity contribution in [2.45, 2.75) is 31.3 Å². The third-order valence-electron chi connectivity index (χ3n) is 3.86. The van der Waals surface area contributed by atoms with E-state index in [0.29, 0.717) is 22.9 Å². The van der Waals surface area contributed by atoms with E-state index in [4.69, 9.17) is 4.74 Å². The number of ether oxygens (including phenoxy) is 1. The fraction of sp³-hybridized carbons (Fsp3) is 0.294. The lowest BCUT2D eigenvalue weighted by molar-refractivity contribution is 0.196. The molecule has 0 spiro atoms. The van der Waals surface area contributed by atoms with Gasteiger partial charge in [-0.2, -0.15) is 0 Å². The number of para-hydroxylation sites is 2. The predicted octanol–water partition coefficient (Wildman–Crippen LogP) is 3.36. The minimum Gasteiger partial charge on any atom is -0.486 e. The molecule has 2 aromatic rings. The highest BCUT2D eigenvalue weighted by Crippen LogP contribution is 2.37. The number of anilines is 1. The molecule has 1 unspecified atom stereocenters. The van der Waals surface area contributed by atoms with Crippen LogP contribution >= 0.6 is 0 Å². The van der Waals surface area contributed by atoms with Crippen LogP contribution in [-0.2, 0) is 10.0 Å². The molecule has 0 fully saturated rings. The molecule has 1 atom stereocenters. The van der Waals surface area contributed by atoms with Crippen LogP contribution in [0.2, 0.25) is 0 Å². The second kappa shape index (κ2) is 5.65. The van der Waals surface area contributed by atoms with Gasteiger partial charge in [0.25, 0.3) is 10.0 Å². The molecule has 0 bridgehead atoms. The van der Waals surface area contributed by atoms with Gasteiger partial charge in [0.15, 0.2) is 0 Å². The summed E-state index contributed by atoms with van der Waals surface area (Å²) in [6, 6.07) is 14.2. The van der Waals surface area contributed by atoms with Crippen molar-refractivity contribution in [3.63, 3.8) is 0 Å². The van der Waals surface area contributed by atoms with E-state index in [0.717, 1.165) is 12.0 Å². The normalized spacial score (nSPS) is 17.7. The van der Waals surface area contributed by atoms with Gasteiger partial charge in [0, 0.05) is 0 Å². The number of rotatable bonds is 3. The van der Waals surface area contributed by atoms with E-state index in [1.165, 1.54) is 4.31 Å². The summed E-state index contributed by atoms with van der Waals surface area (Å²) in [5.74, 6) is 0.622. The summed E-state index contributed by atoms with van der Waals surface area (Å²) in [6.45, 7) is 4.27. The lowest BCUT2D eigenvalue weighted by Gasteiger charge is -2.35. The number of benzene rings is 2. The maximum absolute atomic E-state index is 13.0. The van der Waals surface area contributed by atoms with Gasteiger partial charge in [-0.3, -0.25) is 4.31 Å². The quantitative estimate of drug-likeness (QED) is 0.872. The van der Waals surface area contributed by atoms with Crippen molar-refractivity contribution in [1.29, 1.82) is 0 Å². The number of sulfonamides is 1. The van der Waals surface area contributed by atoms with Crippen LogP contribution < -0.4 is 9.04 Å². The highest BCUT2D eigenvalue weighted by Gasteiger charge is 2.33. The lowest BCUT2D eigenvalue weighted by Crippen LogP contribution is -2.43. The van der Waals surface area contributed by atoms with Gasteiger partial charge >= 0.3 is 0 Å². The predicted molar refractivity (Wildman–Crippen MR) is 86.9 cm³/mol. The summed E-state index contributed by atoms with van der Waals surface area (Å²) < 4.78 is 33.3. The fourth-order valence-corrected chi connectivity index (χ4v) is 4.05. The molecule has 0 N–H and O–H groups in total. The Bertz CT molecular complexity index is 769. The Morgan fingerprint density at radius 3 is 2.50 bits per heavy atom. The van der Waals surface area contributed by atoms with Gasteiger partial charge in [-0.15, -0.1) is 0 Å². The van der Waals surface area contributed by atoms with Gasteiger partial charge in [-0.1, -0.05) is 36.8 Å². The van der Waals surface area contributed by atoms with E-state index >= 15 is 0 Å². The van der Waals surface area contributed by atoms with Crippen LogP contribution in [0.4, 0.5) is 5.69 Å². The molecule has 1 aliphatic rings. The molecule has 22 heavy (non-hydrogen) atoms. The van der Waals surface area contributed by atoms with Crippen LogP contribution in [0, 0.1) is 6.92 Å². The van der Waals surface area contributed by atoms with Crippen LogP contribution in [-0.4, -0.2) is 21.1 Å². The molecule has 3 rings (SSSR count). The lowest BCUT2D eigenvalue weighted by atomic mass is 10.2. The van der Waals surface area contributed by atoms with Gasteiger partial charge in [-0.05, 0) is 37.6 Å². The zero-order valence-corrected chi connectivity index (χ0v) is 13.5. The maximum atomic E-state index is 13.0. The molecular formula is C17H19NO3S. The highest BCUT2D eigenvalue weighted by atomic mass is 32.2. The third-order valence-corrected chi connectivity index (χ3v) is 5.66. The summed E-state index contributed by atoms with van der Waals surface area (Å²) in [4.78, 5) is 0.310. The van der Waals surface area contributed by atoms with E-state index in [2.05, 4.69) is 0 Å². The van der Waals surface area contributed by atoms with Crippen LogP contribution in [0.1, 0.15) is 18.9 Å². The minimum atomic E-state index is -3.58. The first-order valence-corrected chi connectivity index (χ1v) is 8.81. The van der Waals surface area contributed by atoms with E-state index in [-0.39, 0.29) is 6.10 Å². The summed E-state index contributed by atoms with van der Waals surface area (Å²) >= 11 is 0. The Kier molecular flexibility index (Phi) is 3.83. The molecule has 4 nitrogen and oxygen atoms in total. The first kappa shape index (κ1) is 14.9.